The van der Waals surface area contributed by atoms with Gasteiger partial charge in [0.15, 0.2) is 11.0 Å². The third kappa shape index (κ3) is 9.09. The van der Waals surface area contributed by atoms with Gasteiger partial charge >= 0.3 is 0 Å². The average Bonchev–Trinajstić information content (AvgIpc) is 3.37. The highest BCUT2D eigenvalue weighted by molar-refractivity contribution is 6.00. The summed E-state index contributed by atoms with van der Waals surface area (Å²) in [5, 5.41) is 9.12. The molecule has 0 aliphatic carbocycles. The first-order valence-corrected chi connectivity index (χ1v) is 13.8. The fraction of sp³-hybridized carbons (Fsp3) is 0.467. The molecule has 2 N–H and O–H groups in total. The summed E-state index contributed by atoms with van der Waals surface area (Å²) in [6, 6.07) is 13.0. The Bertz CT molecular complexity index is 1400. The molecule has 4 aromatic rings. The molecule has 2 aromatic carbocycles. The zero-order valence-corrected chi connectivity index (χ0v) is 23.7. The summed E-state index contributed by atoms with van der Waals surface area (Å²) >= 11 is 0. The van der Waals surface area contributed by atoms with Gasteiger partial charge in [0.25, 0.3) is 0 Å². The Morgan fingerprint density at radius 3 is 2.02 bits per heavy atom. The van der Waals surface area contributed by atoms with E-state index in [9.17, 15) is 4.79 Å². The van der Waals surface area contributed by atoms with E-state index < -0.39 is 0 Å². The number of nitrogens with one attached hydrogen (secondary N) is 1. The Labute approximate surface area is 238 Å². The minimum Gasteiger partial charge on any atom is -0.453 e. The number of aryl methyl sites for hydroxylation is 1. The van der Waals surface area contributed by atoms with Crippen molar-refractivity contribution in [1.29, 1.82) is 0 Å². The first kappa shape index (κ1) is 30.6. The number of ether oxygens (including phenoxy) is 5. The number of nitrogens with zero attached hydrogens (tertiary/aromatic N) is 2. The molecule has 41 heavy (non-hydrogen) atoms. The number of aromatic amines is 1. The van der Waals surface area contributed by atoms with Crippen molar-refractivity contribution >= 4 is 27.7 Å². The van der Waals surface area contributed by atoms with E-state index >= 15 is 0 Å². The number of hydrogen-bond acceptors (Lipinski definition) is 10. The molecule has 0 bridgehead atoms. The summed E-state index contributed by atoms with van der Waals surface area (Å²) in [7, 11) is 2.00. The largest absolute Gasteiger partial charge is 0.453 e. The summed E-state index contributed by atoms with van der Waals surface area (Å²) in [5.41, 5.74) is 3.74. The van der Waals surface area contributed by atoms with Gasteiger partial charge in [-0.05, 0) is 43.3 Å². The van der Waals surface area contributed by atoms with Crippen LogP contribution >= 0.6 is 0 Å². The predicted octanol–water partition coefficient (Wildman–Crippen LogP) is 3.16. The average molecular weight is 570 g/mol. The van der Waals surface area contributed by atoms with Gasteiger partial charge in [-0.15, -0.1) is 0 Å². The van der Waals surface area contributed by atoms with Crippen LogP contribution in [0, 0.1) is 6.92 Å². The van der Waals surface area contributed by atoms with Crippen molar-refractivity contribution in [3.8, 4) is 11.3 Å². The summed E-state index contributed by atoms with van der Waals surface area (Å²) in [6.45, 7) is 7.46. The Morgan fingerprint density at radius 1 is 0.829 bits per heavy atom. The highest BCUT2D eigenvalue weighted by Crippen LogP contribution is 2.28. The first-order valence-electron chi connectivity index (χ1n) is 13.8. The van der Waals surface area contributed by atoms with Crippen molar-refractivity contribution in [3.63, 3.8) is 0 Å². The lowest BCUT2D eigenvalue weighted by Gasteiger charge is -2.19. The highest BCUT2D eigenvalue weighted by atomic mass is 16.6. The Hall–Kier alpha value is -3.32. The van der Waals surface area contributed by atoms with E-state index in [2.05, 4.69) is 14.9 Å². The summed E-state index contributed by atoms with van der Waals surface area (Å²) in [5.74, 6) is 1.28. The SMILES string of the molecule is Cc1nc2c(ccc3c(=O)cc(-c4ccc(N(C)CCOCCOCCOCCOCCOCCO)cc4)oc32)[nH]1. The molecule has 0 fully saturated rings. The molecule has 2 aromatic heterocycles. The van der Waals surface area contributed by atoms with Gasteiger partial charge in [0.1, 0.15) is 17.1 Å². The number of aliphatic hydroxyl groups is 1. The van der Waals surface area contributed by atoms with E-state index in [0.717, 1.165) is 29.1 Å². The van der Waals surface area contributed by atoms with Gasteiger partial charge in [-0.1, -0.05) is 0 Å². The number of anilines is 1. The molecule has 0 spiro atoms. The minimum absolute atomic E-state index is 0.0217. The van der Waals surface area contributed by atoms with Crippen molar-refractivity contribution < 1.29 is 33.2 Å². The highest BCUT2D eigenvalue weighted by Gasteiger charge is 2.13. The van der Waals surface area contributed by atoms with Gasteiger partial charge in [0.05, 0.1) is 83.6 Å². The predicted molar refractivity (Wildman–Crippen MR) is 157 cm³/mol. The van der Waals surface area contributed by atoms with E-state index in [0.29, 0.717) is 88.3 Å². The van der Waals surface area contributed by atoms with Gasteiger partial charge in [-0.25, -0.2) is 4.98 Å². The molecule has 0 atom stereocenters. The van der Waals surface area contributed by atoms with Gasteiger partial charge in [-0.2, -0.15) is 0 Å². The van der Waals surface area contributed by atoms with Gasteiger partial charge in [0, 0.05) is 30.9 Å². The lowest BCUT2D eigenvalue weighted by molar-refractivity contribution is -0.0128. The molecule has 0 aliphatic rings. The molecule has 0 saturated heterocycles. The number of rotatable bonds is 19. The van der Waals surface area contributed by atoms with E-state index in [1.807, 2.05) is 44.3 Å². The fourth-order valence-electron chi connectivity index (χ4n) is 4.21. The molecule has 222 valence electrons. The second kappa shape index (κ2) is 16.2. The molecular weight excluding hydrogens is 530 g/mol. The Morgan fingerprint density at radius 2 is 1.41 bits per heavy atom. The van der Waals surface area contributed by atoms with Crippen LogP contribution in [0.25, 0.3) is 33.3 Å². The number of aromatic nitrogens is 2. The quantitative estimate of drug-likeness (QED) is 0.163. The van der Waals surface area contributed by atoms with Crippen molar-refractivity contribution in [3.05, 3.63) is 58.5 Å². The molecular formula is C30H39N3O8. The minimum atomic E-state index is -0.0960. The van der Waals surface area contributed by atoms with Crippen molar-refractivity contribution in [2.45, 2.75) is 6.92 Å². The maximum Gasteiger partial charge on any atom is 0.193 e. The van der Waals surface area contributed by atoms with Gasteiger partial charge < -0.3 is 43.1 Å². The number of aliphatic hydroxyl groups excluding tert-OH is 1. The van der Waals surface area contributed by atoms with Crippen LogP contribution in [0.3, 0.4) is 0 Å². The third-order valence-corrected chi connectivity index (χ3v) is 6.35. The van der Waals surface area contributed by atoms with Crippen LogP contribution < -0.4 is 10.3 Å². The number of fused-ring (bicyclic) bond motifs is 3. The molecule has 0 unspecified atom stereocenters. The third-order valence-electron chi connectivity index (χ3n) is 6.35. The molecule has 2 heterocycles. The van der Waals surface area contributed by atoms with Crippen LogP contribution in [0.5, 0.6) is 0 Å². The molecule has 0 radical (unpaired) electrons. The Balaban J connectivity index is 1.12. The Kier molecular flexibility index (Phi) is 12.1. The summed E-state index contributed by atoms with van der Waals surface area (Å²) in [6.07, 6.45) is 0. The maximum absolute atomic E-state index is 12.8. The van der Waals surface area contributed by atoms with Crippen LogP contribution in [0.2, 0.25) is 0 Å². The maximum atomic E-state index is 12.8. The number of benzene rings is 2. The van der Waals surface area contributed by atoms with Crippen molar-refractivity contribution in [1.82, 2.24) is 9.97 Å². The number of likely N-dealkylation sites (N-methyl/N-ethyl adjacent to an activating group) is 1. The van der Waals surface area contributed by atoms with Crippen molar-refractivity contribution in [2.24, 2.45) is 0 Å². The van der Waals surface area contributed by atoms with Crippen LogP contribution in [-0.4, -0.2) is 101 Å². The van der Waals surface area contributed by atoms with Crippen LogP contribution in [-0.2, 0) is 23.7 Å². The smallest absolute Gasteiger partial charge is 0.193 e. The fourth-order valence-corrected chi connectivity index (χ4v) is 4.21. The second-order valence-electron chi connectivity index (χ2n) is 9.39. The van der Waals surface area contributed by atoms with E-state index in [1.165, 1.54) is 6.07 Å². The topological polar surface area (TPSA) is 129 Å². The summed E-state index contributed by atoms with van der Waals surface area (Å²) in [4.78, 5) is 22.6. The zero-order chi connectivity index (χ0) is 28.9. The van der Waals surface area contributed by atoms with E-state index in [-0.39, 0.29) is 12.0 Å². The lowest BCUT2D eigenvalue weighted by Crippen LogP contribution is -2.23. The van der Waals surface area contributed by atoms with Crippen LogP contribution in [0.15, 0.2) is 51.7 Å². The number of H-pyrrole nitrogens is 1. The lowest BCUT2D eigenvalue weighted by atomic mass is 10.1. The van der Waals surface area contributed by atoms with Crippen LogP contribution in [0.1, 0.15) is 5.82 Å². The standard InChI is InChI=1S/C30H39N3O8/c1-22-31-26-8-7-25-27(35)21-28(41-30(25)29(26)32-22)23-3-5-24(6-4-23)33(2)9-11-36-13-15-38-17-19-40-20-18-39-16-14-37-12-10-34/h3-8,21,34H,9-20H2,1-2H3,(H,31,32). The van der Waals surface area contributed by atoms with E-state index in [1.54, 1.807) is 6.07 Å². The first-order chi connectivity index (χ1) is 20.1. The van der Waals surface area contributed by atoms with Gasteiger partial charge in [0.2, 0.25) is 0 Å². The normalized spacial score (nSPS) is 11.6. The van der Waals surface area contributed by atoms with Gasteiger partial charge in [-0.3, -0.25) is 4.79 Å². The molecule has 4 rings (SSSR count). The monoisotopic (exact) mass is 569 g/mol. The molecule has 11 nitrogen and oxygen atoms in total. The molecule has 0 amide bonds. The zero-order valence-electron chi connectivity index (χ0n) is 23.7. The summed E-state index contributed by atoms with van der Waals surface area (Å²) < 4.78 is 33.3. The van der Waals surface area contributed by atoms with E-state index in [4.69, 9.17) is 33.2 Å². The second-order valence-corrected chi connectivity index (χ2v) is 9.39. The van der Waals surface area contributed by atoms with Crippen molar-refractivity contribution in [2.75, 3.05) is 91.2 Å². The van der Waals surface area contributed by atoms with Crippen LogP contribution in [0.4, 0.5) is 5.69 Å². The molecule has 0 saturated carbocycles. The number of imidazole rings is 1. The molecule has 11 heteroatoms. The molecule has 0 aliphatic heterocycles. The number of hydrogen-bond donors (Lipinski definition) is 2.